The average Bonchev–Trinajstić information content (AvgIpc) is 1.82. The number of esters is 1. The van der Waals surface area contributed by atoms with Crippen molar-refractivity contribution in [1.29, 1.82) is 0 Å². The maximum atomic E-state index is 11.1. The third kappa shape index (κ3) is 2.30. The van der Waals surface area contributed by atoms with E-state index < -0.39 is 5.97 Å². The van der Waals surface area contributed by atoms with Crippen LogP contribution in [0.1, 0.15) is 13.3 Å². The van der Waals surface area contributed by atoms with E-state index in [0.717, 1.165) is 0 Å². The van der Waals surface area contributed by atoms with Gasteiger partial charge in [0.05, 0.1) is 25.7 Å². The van der Waals surface area contributed by atoms with Crippen LogP contribution in [-0.4, -0.2) is 31.6 Å². The summed E-state index contributed by atoms with van der Waals surface area (Å²) in [4.78, 5) is 21.9. The van der Waals surface area contributed by atoms with Crippen LogP contribution in [0.5, 0.6) is 0 Å². The highest BCUT2D eigenvalue weighted by Gasteiger charge is 2.27. The van der Waals surface area contributed by atoms with E-state index in [-0.39, 0.29) is 18.1 Å². The van der Waals surface area contributed by atoms with E-state index in [9.17, 15) is 9.59 Å². The Morgan fingerprint density at radius 2 is 2.17 bits per heavy atom. The number of ether oxygens (including phenoxy) is 2. The number of Topliss-reactive ketones (excluding diaryl/α,β-unsaturated/α-hetero) is 1. The van der Waals surface area contributed by atoms with Crippen molar-refractivity contribution in [2.24, 2.45) is 5.92 Å². The predicted molar refractivity (Wildman–Crippen MR) is 40.6 cm³/mol. The second-order valence-electron chi connectivity index (χ2n) is 2.68. The lowest BCUT2D eigenvalue weighted by Gasteiger charge is -2.23. The van der Waals surface area contributed by atoms with Crippen molar-refractivity contribution in [3.05, 3.63) is 0 Å². The monoisotopic (exact) mass is 172 g/mol. The van der Waals surface area contributed by atoms with Gasteiger partial charge in [-0.15, -0.1) is 0 Å². The zero-order valence-electron chi connectivity index (χ0n) is 7.04. The van der Waals surface area contributed by atoms with Gasteiger partial charge in [-0.25, -0.2) is 0 Å². The summed E-state index contributed by atoms with van der Waals surface area (Å²) in [6.45, 7) is 2.96. The van der Waals surface area contributed by atoms with Crippen LogP contribution in [0.25, 0.3) is 0 Å². The maximum absolute atomic E-state index is 11.1. The first kappa shape index (κ1) is 9.19. The molecule has 68 valence electrons. The van der Waals surface area contributed by atoms with E-state index in [2.05, 4.69) is 4.74 Å². The SMILES string of the molecule is CCOC(=O)CC(=O)C1COC1. The fourth-order valence-corrected chi connectivity index (χ4v) is 0.920. The van der Waals surface area contributed by atoms with Gasteiger partial charge in [-0.1, -0.05) is 0 Å². The summed E-state index contributed by atoms with van der Waals surface area (Å²) in [7, 11) is 0. The fourth-order valence-electron chi connectivity index (χ4n) is 0.920. The quantitative estimate of drug-likeness (QED) is 0.447. The Morgan fingerprint density at radius 1 is 1.50 bits per heavy atom. The lowest BCUT2D eigenvalue weighted by atomic mass is 10.0. The van der Waals surface area contributed by atoms with Gasteiger partial charge in [-0.3, -0.25) is 9.59 Å². The first-order valence-corrected chi connectivity index (χ1v) is 4.00. The van der Waals surface area contributed by atoms with Gasteiger partial charge in [0.1, 0.15) is 6.42 Å². The lowest BCUT2D eigenvalue weighted by Crippen LogP contribution is -2.35. The fraction of sp³-hybridized carbons (Fsp3) is 0.750. The minimum atomic E-state index is -0.436. The Morgan fingerprint density at radius 3 is 2.58 bits per heavy atom. The summed E-state index contributed by atoms with van der Waals surface area (Å²) < 4.78 is 9.46. The molecule has 4 nitrogen and oxygen atoms in total. The molecule has 4 heteroatoms. The molecule has 1 aliphatic rings. The summed E-state index contributed by atoms with van der Waals surface area (Å²) >= 11 is 0. The number of rotatable bonds is 4. The van der Waals surface area contributed by atoms with Crippen molar-refractivity contribution in [1.82, 2.24) is 0 Å². The van der Waals surface area contributed by atoms with Crippen LogP contribution < -0.4 is 0 Å². The Hall–Kier alpha value is -0.900. The second-order valence-corrected chi connectivity index (χ2v) is 2.68. The van der Waals surface area contributed by atoms with Crippen LogP contribution in [0.4, 0.5) is 0 Å². The third-order valence-corrected chi connectivity index (χ3v) is 1.72. The molecule has 12 heavy (non-hydrogen) atoms. The minimum absolute atomic E-state index is 0.0697. The number of carbonyl (C=O) groups excluding carboxylic acids is 2. The van der Waals surface area contributed by atoms with E-state index in [4.69, 9.17) is 4.74 Å². The van der Waals surface area contributed by atoms with Crippen molar-refractivity contribution < 1.29 is 19.1 Å². The summed E-state index contributed by atoms with van der Waals surface area (Å²) in [5.74, 6) is -0.580. The molecule has 0 aromatic heterocycles. The zero-order chi connectivity index (χ0) is 8.97. The van der Waals surface area contributed by atoms with Crippen LogP contribution in [0, 0.1) is 5.92 Å². The van der Waals surface area contributed by atoms with Crippen molar-refractivity contribution in [2.75, 3.05) is 19.8 Å². The van der Waals surface area contributed by atoms with Gasteiger partial charge in [0, 0.05) is 0 Å². The molecule has 0 bridgehead atoms. The molecular formula is C8H12O4. The Labute approximate surface area is 70.8 Å². The van der Waals surface area contributed by atoms with Crippen LogP contribution in [0.3, 0.4) is 0 Å². The molecule has 0 spiro atoms. The molecule has 1 saturated heterocycles. The molecule has 1 fully saturated rings. The molecule has 1 rings (SSSR count). The molecule has 1 heterocycles. The normalized spacial score (nSPS) is 16.8. The molecule has 0 N–H and O–H groups in total. The first-order chi connectivity index (χ1) is 5.74. The molecule has 0 atom stereocenters. The van der Waals surface area contributed by atoms with Crippen molar-refractivity contribution in [2.45, 2.75) is 13.3 Å². The molecule has 0 radical (unpaired) electrons. The minimum Gasteiger partial charge on any atom is -0.466 e. The zero-order valence-corrected chi connectivity index (χ0v) is 7.04. The van der Waals surface area contributed by atoms with Gasteiger partial charge in [-0.2, -0.15) is 0 Å². The van der Waals surface area contributed by atoms with Gasteiger partial charge in [0.2, 0.25) is 0 Å². The Kier molecular flexibility index (Phi) is 3.22. The van der Waals surface area contributed by atoms with E-state index in [1.165, 1.54) is 0 Å². The standard InChI is InChI=1S/C8H12O4/c1-2-12-8(10)3-7(9)6-4-11-5-6/h6H,2-5H2,1H3. The molecule has 1 aliphatic heterocycles. The lowest BCUT2D eigenvalue weighted by molar-refractivity contribution is -0.150. The van der Waals surface area contributed by atoms with Crippen LogP contribution >= 0.6 is 0 Å². The highest BCUT2D eigenvalue weighted by molar-refractivity contribution is 5.97. The first-order valence-electron chi connectivity index (χ1n) is 4.00. The highest BCUT2D eigenvalue weighted by Crippen LogP contribution is 2.12. The third-order valence-electron chi connectivity index (χ3n) is 1.72. The molecule has 0 amide bonds. The molecule has 0 unspecified atom stereocenters. The molecule has 0 saturated carbocycles. The molecule has 0 aromatic rings. The number of hydrogen-bond acceptors (Lipinski definition) is 4. The number of ketones is 1. The van der Waals surface area contributed by atoms with Crippen LogP contribution in [0.15, 0.2) is 0 Å². The van der Waals surface area contributed by atoms with Crippen LogP contribution in [0.2, 0.25) is 0 Å². The van der Waals surface area contributed by atoms with E-state index in [1.54, 1.807) is 6.92 Å². The Bertz CT molecular complexity index is 183. The molecule has 0 aromatic carbocycles. The van der Waals surface area contributed by atoms with Gasteiger partial charge in [0.15, 0.2) is 5.78 Å². The van der Waals surface area contributed by atoms with Gasteiger partial charge >= 0.3 is 5.97 Å². The largest absolute Gasteiger partial charge is 0.466 e. The van der Waals surface area contributed by atoms with Gasteiger partial charge in [0.25, 0.3) is 0 Å². The topological polar surface area (TPSA) is 52.6 Å². The summed E-state index contributed by atoms with van der Waals surface area (Å²) in [5.41, 5.74) is 0. The van der Waals surface area contributed by atoms with E-state index in [0.29, 0.717) is 19.8 Å². The summed E-state index contributed by atoms with van der Waals surface area (Å²) in [5, 5.41) is 0. The van der Waals surface area contributed by atoms with Crippen molar-refractivity contribution in [3.8, 4) is 0 Å². The second kappa shape index (κ2) is 4.21. The maximum Gasteiger partial charge on any atom is 0.313 e. The molecule has 0 aliphatic carbocycles. The highest BCUT2D eigenvalue weighted by atomic mass is 16.5. The van der Waals surface area contributed by atoms with E-state index >= 15 is 0 Å². The van der Waals surface area contributed by atoms with Crippen molar-refractivity contribution >= 4 is 11.8 Å². The van der Waals surface area contributed by atoms with Gasteiger partial charge < -0.3 is 9.47 Å². The number of carbonyl (C=O) groups is 2. The average molecular weight is 172 g/mol. The van der Waals surface area contributed by atoms with Crippen LogP contribution in [-0.2, 0) is 19.1 Å². The Balaban J connectivity index is 2.20. The molecular weight excluding hydrogens is 160 g/mol. The summed E-state index contributed by atoms with van der Waals surface area (Å²) in [6, 6.07) is 0. The van der Waals surface area contributed by atoms with Crippen molar-refractivity contribution in [3.63, 3.8) is 0 Å². The number of hydrogen-bond donors (Lipinski definition) is 0. The smallest absolute Gasteiger partial charge is 0.313 e. The predicted octanol–water partition coefficient (Wildman–Crippen LogP) is 0.155. The summed E-state index contributed by atoms with van der Waals surface area (Å²) in [6.07, 6.45) is -0.109. The van der Waals surface area contributed by atoms with E-state index in [1.807, 2.05) is 0 Å². The van der Waals surface area contributed by atoms with Gasteiger partial charge in [-0.05, 0) is 6.92 Å².